The second-order valence-corrected chi connectivity index (χ2v) is 6.25. The molecule has 1 amide bonds. The summed E-state index contributed by atoms with van der Waals surface area (Å²) in [5, 5.41) is 24.6. The van der Waals surface area contributed by atoms with Gasteiger partial charge in [-0.3, -0.25) is 4.79 Å². The molecule has 4 rings (SSSR count). The molecule has 0 spiro atoms. The van der Waals surface area contributed by atoms with E-state index < -0.39 is 17.9 Å². The maximum atomic E-state index is 12.6. The Balaban J connectivity index is 1.70. The number of para-hydroxylation sites is 1. The lowest BCUT2D eigenvalue weighted by atomic mass is 9.97. The van der Waals surface area contributed by atoms with E-state index in [2.05, 4.69) is 5.10 Å². The minimum Gasteiger partial charge on any atom is -0.508 e. The van der Waals surface area contributed by atoms with Gasteiger partial charge in [-0.2, -0.15) is 5.10 Å². The lowest BCUT2D eigenvalue weighted by Gasteiger charge is -2.21. The highest BCUT2D eigenvalue weighted by molar-refractivity contribution is 6.05. The van der Waals surface area contributed by atoms with Gasteiger partial charge in [0.1, 0.15) is 5.75 Å². The van der Waals surface area contributed by atoms with Gasteiger partial charge in [-0.25, -0.2) is 9.80 Å². The van der Waals surface area contributed by atoms with E-state index in [0.29, 0.717) is 29.2 Å². The zero-order valence-corrected chi connectivity index (χ0v) is 14.6. The summed E-state index contributed by atoms with van der Waals surface area (Å²) in [5.41, 5.74) is 1.89. The highest BCUT2D eigenvalue weighted by Gasteiger charge is 2.34. The summed E-state index contributed by atoms with van der Waals surface area (Å²) < 4.78 is 10.7. The zero-order valence-electron chi connectivity index (χ0n) is 14.6. The Morgan fingerprint density at radius 3 is 2.68 bits per heavy atom. The van der Waals surface area contributed by atoms with Gasteiger partial charge in [0.05, 0.1) is 11.8 Å². The van der Waals surface area contributed by atoms with Crippen molar-refractivity contribution in [3.8, 4) is 17.2 Å². The van der Waals surface area contributed by atoms with Crippen molar-refractivity contribution in [3.05, 3.63) is 65.7 Å². The number of ether oxygens (including phenoxy) is 2. The molecular weight excluding hydrogens is 364 g/mol. The molecule has 2 aliphatic rings. The quantitative estimate of drug-likeness (QED) is 0.789. The first-order valence-corrected chi connectivity index (χ1v) is 8.52. The van der Waals surface area contributed by atoms with Crippen LogP contribution in [0.25, 0.3) is 0 Å². The molecule has 0 fully saturated rings. The molecule has 1 atom stereocenters. The summed E-state index contributed by atoms with van der Waals surface area (Å²) in [6.07, 6.45) is 2.06. The predicted octanol–water partition coefficient (Wildman–Crippen LogP) is 2.44. The first-order valence-electron chi connectivity index (χ1n) is 8.52. The Labute approximate surface area is 159 Å². The van der Waals surface area contributed by atoms with E-state index in [4.69, 9.17) is 14.6 Å². The highest BCUT2D eigenvalue weighted by atomic mass is 16.7. The monoisotopic (exact) mass is 380 g/mol. The third kappa shape index (κ3) is 3.27. The van der Waals surface area contributed by atoms with Gasteiger partial charge in [-0.1, -0.05) is 18.2 Å². The first kappa shape index (κ1) is 17.6. The molecule has 0 bridgehead atoms. The van der Waals surface area contributed by atoms with E-state index in [1.54, 1.807) is 30.3 Å². The fourth-order valence-electron chi connectivity index (χ4n) is 3.19. The van der Waals surface area contributed by atoms with Crippen LogP contribution in [0, 0.1) is 0 Å². The number of hydrazone groups is 1. The van der Waals surface area contributed by atoms with Crippen LogP contribution >= 0.6 is 0 Å². The molecule has 8 nitrogen and oxygen atoms in total. The topological polar surface area (TPSA) is 109 Å². The van der Waals surface area contributed by atoms with E-state index in [0.717, 1.165) is 17.7 Å². The summed E-state index contributed by atoms with van der Waals surface area (Å²) >= 11 is 0. The molecule has 0 aromatic heterocycles. The molecule has 2 N–H and O–H groups in total. The van der Waals surface area contributed by atoms with Gasteiger partial charge in [0.2, 0.25) is 6.79 Å². The van der Waals surface area contributed by atoms with E-state index in [1.165, 1.54) is 11.1 Å². The number of phenolic OH excluding ortho intramolecular Hbond substituents is 1. The van der Waals surface area contributed by atoms with Crippen LogP contribution in [-0.2, 0) is 9.59 Å². The van der Waals surface area contributed by atoms with Crippen LogP contribution < -0.4 is 9.47 Å². The zero-order chi connectivity index (χ0) is 19.7. The number of hydrogen-bond donors (Lipinski definition) is 2. The molecule has 0 saturated carbocycles. The average Bonchev–Trinajstić information content (AvgIpc) is 3.33. The van der Waals surface area contributed by atoms with Crippen molar-refractivity contribution < 1.29 is 29.3 Å². The number of nitrogens with zero attached hydrogens (tertiary/aromatic N) is 2. The maximum Gasteiger partial charge on any atom is 0.328 e. The van der Waals surface area contributed by atoms with Gasteiger partial charge in [0.15, 0.2) is 11.5 Å². The Morgan fingerprint density at radius 1 is 1.11 bits per heavy atom. The van der Waals surface area contributed by atoms with Crippen LogP contribution in [0.2, 0.25) is 0 Å². The largest absolute Gasteiger partial charge is 0.508 e. The molecule has 2 aromatic carbocycles. The SMILES string of the molecule is O=C(O)/C=C\C(=O)N1N=C(c2ccc3c(c2)OCO3)C[C@H]1c1ccccc1O. The first-order chi connectivity index (χ1) is 13.5. The van der Waals surface area contributed by atoms with Crippen LogP contribution in [0.1, 0.15) is 23.6 Å². The number of hydrogen-bond acceptors (Lipinski definition) is 6. The molecule has 0 saturated heterocycles. The van der Waals surface area contributed by atoms with Crippen molar-refractivity contribution in [2.45, 2.75) is 12.5 Å². The smallest absolute Gasteiger partial charge is 0.328 e. The fourth-order valence-corrected chi connectivity index (χ4v) is 3.19. The van der Waals surface area contributed by atoms with Gasteiger partial charge in [0, 0.05) is 29.7 Å². The van der Waals surface area contributed by atoms with Crippen molar-refractivity contribution in [2.75, 3.05) is 6.79 Å². The summed E-state index contributed by atoms with van der Waals surface area (Å²) in [6.45, 7) is 0.149. The van der Waals surface area contributed by atoms with Crippen LogP contribution in [0.4, 0.5) is 0 Å². The fraction of sp³-hybridized carbons (Fsp3) is 0.150. The number of aliphatic carboxylic acids is 1. The van der Waals surface area contributed by atoms with E-state index in [-0.39, 0.29) is 12.5 Å². The second-order valence-electron chi connectivity index (χ2n) is 6.25. The van der Waals surface area contributed by atoms with Crippen LogP contribution in [0.5, 0.6) is 17.2 Å². The highest BCUT2D eigenvalue weighted by Crippen LogP contribution is 2.39. The maximum absolute atomic E-state index is 12.6. The summed E-state index contributed by atoms with van der Waals surface area (Å²) in [7, 11) is 0. The number of phenols is 1. The number of carboxylic acids is 1. The number of benzene rings is 2. The Kier molecular flexibility index (Phi) is 4.44. The lowest BCUT2D eigenvalue weighted by Crippen LogP contribution is -2.25. The van der Waals surface area contributed by atoms with E-state index in [1.807, 2.05) is 6.07 Å². The minimum absolute atomic E-state index is 0.0367. The number of rotatable bonds is 4. The normalized spacial score (nSPS) is 17.8. The predicted molar refractivity (Wildman–Crippen MR) is 98.2 cm³/mol. The number of carbonyl (C=O) groups excluding carboxylic acids is 1. The molecule has 28 heavy (non-hydrogen) atoms. The molecule has 2 heterocycles. The van der Waals surface area contributed by atoms with Gasteiger partial charge in [-0.05, 0) is 24.3 Å². The number of fused-ring (bicyclic) bond motifs is 1. The Bertz CT molecular complexity index is 1010. The van der Waals surface area contributed by atoms with Crippen molar-refractivity contribution in [1.29, 1.82) is 0 Å². The third-order valence-corrected chi connectivity index (χ3v) is 4.51. The van der Waals surface area contributed by atoms with Crippen molar-refractivity contribution in [2.24, 2.45) is 5.10 Å². The van der Waals surface area contributed by atoms with E-state index >= 15 is 0 Å². The molecule has 8 heteroatoms. The van der Waals surface area contributed by atoms with Crippen LogP contribution in [0.15, 0.2) is 59.7 Å². The molecular formula is C20H16N2O6. The van der Waals surface area contributed by atoms with E-state index in [9.17, 15) is 14.7 Å². The summed E-state index contributed by atoms with van der Waals surface area (Å²) in [5.74, 6) is -0.556. The number of carbonyl (C=O) groups is 2. The van der Waals surface area contributed by atoms with Crippen molar-refractivity contribution in [3.63, 3.8) is 0 Å². The molecule has 2 aromatic rings. The van der Waals surface area contributed by atoms with Crippen LogP contribution in [0.3, 0.4) is 0 Å². The molecule has 142 valence electrons. The number of aromatic hydroxyl groups is 1. The Hall–Kier alpha value is -3.81. The summed E-state index contributed by atoms with van der Waals surface area (Å²) in [4.78, 5) is 23.3. The van der Waals surface area contributed by atoms with Crippen molar-refractivity contribution >= 4 is 17.6 Å². The molecule has 2 aliphatic heterocycles. The van der Waals surface area contributed by atoms with Gasteiger partial charge < -0.3 is 19.7 Å². The number of carboxylic acid groups (broad SMARTS) is 1. The molecule has 0 aliphatic carbocycles. The van der Waals surface area contributed by atoms with Gasteiger partial charge in [0.25, 0.3) is 5.91 Å². The van der Waals surface area contributed by atoms with Gasteiger partial charge >= 0.3 is 5.97 Å². The minimum atomic E-state index is -1.23. The standard InChI is InChI=1S/C20H16N2O6/c23-16-4-2-1-3-13(16)15-10-14(21-22(15)19(24)7-8-20(25)26)12-5-6-17-18(9-12)28-11-27-17/h1-9,15,23H,10-11H2,(H,25,26)/b8-7-/t15-/m0/s1. The van der Waals surface area contributed by atoms with Crippen molar-refractivity contribution in [1.82, 2.24) is 5.01 Å². The Morgan fingerprint density at radius 2 is 1.89 bits per heavy atom. The summed E-state index contributed by atoms with van der Waals surface area (Å²) in [6, 6.07) is 11.5. The van der Waals surface area contributed by atoms with Gasteiger partial charge in [-0.15, -0.1) is 0 Å². The molecule has 0 unspecified atom stereocenters. The average molecular weight is 380 g/mol. The third-order valence-electron chi connectivity index (χ3n) is 4.51. The molecule has 0 radical (unpaired) electrons. The van der Waals surface area contributed by atoms with Crippen LogP contribution in [-0.4, -0.2) is 39.6 Å². The lowest BCUT2D eigenvalue weighted by molar-refractivity contribution is -0.132. The second kappa shape index (κ2) is 7.07. The number of amides is 1.